The van der Waals surface area contributed by atoms with E-state index in [4.69, 9.17) is 14.2 Å². The Morgan fingerprint density at radius 2 is 2.00 bits per heavy atom. The van der Waals surface area contributed by atoms with Crippen molar-refractivity contribution in [1.29, 1.82) is 0 Å². The molecule has 2 N–H and O–H groups in total. The summed E-state index contributed by atoms with van der Waals surface area (Å²) in [4.78, 5) is 16.4. The standard InChI is InChI=1S/C21H26N2O5/c1-5-27-16-8-12(2)19(13(3)9-16)28-20-18(21(24)25)17(10-14(4)22-20)23-15-6-7-26-11-15/h8-10,15H,5-7,11H2,1-4H3,(H,22,23)(H,24,25). The lowest BCUT2D eigenvalue weighted by Crippen LogP contribution is -2.21. The van der Waals surface area contributed by atoms with E-state index in [1.807, 2.05) is 39.8 Å². The molecule has 7 nitrogen and oxygen atoms in total. The van der Waals surface area contributed by atoms with E-state index in [1.54, 1.807) is 6.07 Å². The molecule has 7 heteroatoms. The number of aromatic carboxylic acids is 1. The first-order valence-electron chi connectivity index (χ1n) is 9.40. The fourth-order valence-corrected chi connectivity index (χ4v) is 3.33. The molecule has 0 radical (unpaired) electrons. The summed E-state index contributed by atoms with van der Waals surface area (Å²) in [7, 11) is 0. The smallest absolute Gasteiger partial charge is 0.343 e. The number of anilines is 1. The van der Waals surface area contributed by atoms with Gasteiger partial charge in [-0.3, -0.25) is 0 Å². The number of nitrogens with one attached hydrogen (secondary N) is 1. The molecule has 1 saturated heterocycles. The maximum absolute atomic E-state index is 12.0. The molecule has 0 bridgehead atoms. The Morgan fingerprint density at radius 1 is 1.29 bits per heavy atom. The molecule has 1 aliphatic rings. The average molecular weight is 386 g/mol. The number of hydrogen-bond donors (Lipinski definition) is 2. The van der Waals surface area contributed by atoms with Crippen LogP contribution in [0.5, 0.6) is 17.4 Å². The van der Waals surface area contributed by atoms with Gasteiger partial charge in [-0.2, -0.15) is 0 Å². The summed E-state index contributed by atoms with van der Waals surface area (Å²) in [6.45, 7) is 9.32. The second-order valence-electron chi connectivity index (χ2n) is 6.92. The van der Waals surface area contributed by atoms with Crippen molar-refractivity contribution >= 4 is 11.7 Å². The zero-order valence-electron chi connectivity index (χ0n) is 16.7. The van der Waals surface area contributed by atoms with Crippen LogP contribution in [0.25, 0.3) is 0 Å². The third-order valence-electron chi connectivity index (χ3n) is 4.56. The summed E-state index contributed by atoms with van der Waals surface area (Å²) >= 11 is 0. The van der Waals surface area contributed by atoms with Crippen molar-refractivity contribution < 1.29 is 24.1 Å². The third kappa shape index (κ3) is 4.36. The van der Waals surface area contributed by atoms with Crippen molar-refractivity contribution in [3.63, 3.8) is 0 Å². The molecule has 0 amide bonds. The number of carboxylic acids is 1. The van der Waals surface area contributed by atoms with E-state index in [0.717, 1.165) is 23.3 Å². The highest BCUT2D eigenvalue weighted by Gasteiger charge is 2.24. The van der Waals surface area contributed by atoms with Crippen LogP contribution in [-0.2, 0) is 4.74 Å². The van der Waals surface area contributed by atoms with Crippen LogP contribution in [-0.4, -0.2) is 41.9 Å². The fourth-order valence-electron chi connectivity index (χ4n) is 3.33. The van der Waals surface area contributed by atoms with Crippen LogP contribution in [0, 0.1) is 20.8 Å². The monoisotopic (exact) mass is 386 g/mol. The number of carbonyl (C=O) groups is 1. The van der Waals surface area contributed by atoms with Crippen LogP contribution in [0.2, 0.25) is 0 Å². The lowest BCUT2D eigenvalue weighted by Gasteiger charge is -2.19. The zero-order chi connectivity index (χ0) is 20.3. The minimum Gasteiger partial charge on any atom is -0.494 e. The van der Waals surface area contributed by atoms with Crippen LogP contribution in [0.4, 0.5) is 5.69 Å². The predicted octanol–water partition coefficient (Wildman–Crippen LogP) is 4.10. The normalized spacial score (nSPS) is 16.1. The quantitative estimate of drug-likeness (QED) is 0.740. The molecular weight excluding hydrogens is 360 g/mol. The van der Waals surface area contributed by atoms with E-state index in [0.29, 0.717) is 37.0 Å². The predicted molar refractivity (Wildman–Crippen MR) is 106 cm³/mol. The summed E-state index contributed by atoms with van der Waals surface area (Å²) in [5.74, 6) is 0.317. The highest BCUT2D eigenvalue weighted by Crippen LogP contribution is 2.35. The van der Waals surface area contributed by atoms with Crippen LogP contribution in [0.15, 0.2) is 18.2 Å². The van der Waals surface area contributed by atoms with Gasteiger partial charge in [0.25, 0.3) is 0 Å². The number of benzene rings is 1. The number of carboxylic acid groups (broad SMARTS) is 1. The molecule has 0 saturated carbocycles. The van der Waals surface area contributed by atoms with E-state index < -0.39 is 5.97 Å². The molecule has 2 heterocycles. The van der Waals surface area contributed by atoms with Crippen molar-refractivity contribution in [3.8, 4) is 17.4 Å². The number of rotatable bonds is 7. The van der Waals surface area contributed by atoms with Gasteiger partial charge in [0.15, 0.2) is 0 Å². The van der Waals surface area contributed by atoms with Gasteiger partial charge in [-0.25, -0.2) is 9.78 Å². The molecule has 1 aromatic carbocycles. The Morgan fingerprint density at radius 3 is 2.57 bits per heavy atom. The largest absolute Gasteiger partial charge is 0.494 e. The minimum absolute atomic E-state index is 0.0187. The van der Waals surface area contributed by atoms with Gasteiger partial charge in [0, 0.05) is 12.3 Å². The number of nitrogens with zero attached hydrogens (tertiary/aromatic N) is 1. The van der Waals surface area contributed by atoms with E-state index in [9.17, 15) is 9.90 Å². The second-order valence-corrected chi connectivity index (χ2v) is 6.92. The first-order chi connectivity index (χ1) is 13.4. The van der Waals surface area contributed by atoms with E-state index >= 15 is 0 Å². The zero-order valence-corrected chi connectivity index (χ0v) is 16.7. The summed E-state index contributed by atoms with van der Waals surface area (Å²) in [6, 6.07) is 5.54. The molecule has 0 aliphatic carbocycles. The average Bonchev–Trinajstić information content (AvgIpc) is 3.10. The van der Waals surface area contributed by atoms with Gasteiger partial charge < -0.3 is 24.6 Å². The van der Waals surface area contributed by atoms with Crippen molar-refractivity contribution in [2.45, 2.75) is 40.2 Å². The topological polar surface area (TPSA) is 89.9 Å². The Bertz CT molecular complexity index is 852. The highest BCUT2D eigenvalue weighted by atomic mass is 16.5. The molecule has 28 heavy (non-hydrogen) atoms. The fraction of sp³-hybridized carbons (Fsp3) is 0.429. The van der Waals surface area contributed by atoms with E-state index in [1.165, 1.54) is 0 Å². The van der Waals surface area contributed by atoms with Crippen molar-refractivity contribution in [2.24, 2.45) is 0 Å². The molecule has 1 unspecified atom stereocenters. The maximum atomic E-state index is 12.0. The molecule has 150 valence electrons. The van der Waals surface area contributed by atoms with Gasteiger partial charge in [-0.1, -0.05) is 0 Å². The van der Waals surface area contributed by atoms with Gasteiger partial charge in [-0.15, -0.1) is 0 Å². The lowest BCUT2D eigenvalue weighted by atomic mass is 10.1. The molecule has 0 spiro atoms. The molecule has 1 fully saturated rings. The second kappa shape index (κ2) is 8.48. The van der Waals surface area contributed by atoms with Crippen molar-refractivity contribution in [3.05, 3.63) is 40.6 Å². The number of aromatic nitrogens is 1. The Hall–Kier alpha value is -2.80. The molecule has 1 aliphatic heterocycles. The maximum Gasteiger partial charge on any atom is 0.343 e. The lowest BCUT2D eigenvalue weighted by molar-refractivity contribution is 0.0694. The summed E-state index contributed by atoms with van der Waals surface area (Å²) < 4.78 is 17.0. The Balaban J connectivity index is 1.99. The highest BCUT2D eigenvalue weighted by molar-refractivity contribution is 5.97. The Kier molecular flexibility index (Phi) is 6.04. The molecule has 1 aromatic heterocycles. The number of hydrogen-bond acceptors (Lipinski definition) is 6. The van der Waals surface area contributed by atoms with E-state index in [-0.39, 0.29) is 17.5 Å². The minimum atomic E-state index is -1.09. The van der Waals surface area contributed by atoms with Crippen LogP contribution >= 0.6 is 0 Å². The van der Waals surface area contributed by atoms with Crippen molar-refractivity contribution in [2.75, 3.05) is 25.1 Å². The van der Waals surface area contributed by atoms with Crippen LogP contribution < -0.4 is 14.8 Å². The summed E-state index contributed by atoms with van der Waals surface area (Å²) in [6.07, 6.45) is 0.827. The molecule has 1 atom stereocenters. The third-order valence-corrected chi connectivity index (χ3v) is 4.56. The SMILES string of the molecule is CCOc1cc(C)c(Oc2nc(C)cc(NC3CCOC3)c2C(=O)O)c(C)c1. The van der Waals surface area contributed by atoms with Gasteiger partial charge in [-0.05, 0) is 63.4 Å². The first kappa shape index (κ1) is 19.9. The number of ether oxygens (including phenoxy) is 3. The molecule has 3 rings (SSSR count). The van der Waals surface area contributed by atoms with Crippen LogP contribution in [0.3, 0.4) is 0 Å². The molecular formula is C21H26N2O5. The molecule has 2 aromatic rings. The number of pyridine rings is 1. The van der Waals surface area contributed by atoms with E-state index in [2.05, 4.69) is 10.3 Å². The van der Waals surface area contributed by atoms with Crippen LogP contribution in [0.1, 0.15) is 40.5 Å². The van der Waals surface area contributed by atoms with Crippen molar-refractivity contribution in [1.82, 2.24) is 4.98 Å². The Labute approximate surface area is 164 Å². The summed E-state index contributed by atoms with van der Waals surface area (Å²) in [5, 5.41) is 13.1. The first-order valence-corrected chi connectivity index (χ1v) is 9.40. The van der Waals surface area contributed by atoms with Gasteiger partial charge in [0.05, 0.1) is 24.9 Å². The number of aryl methyl sites for hydroxylation is 3. The summed E-state index contributed by atoms with van der Waals surface area (Å²) in [5.41, 5.74) is 2.88. The van der Waals surface area contributed by atoms with Gasteiger partial charge >= 0.3 is 5.97 Å². The van der Waals surface area contributed by atoms with Gasteiger partial charge in [0.1, 0.15) is 17.1 Å². The van der Waals surface area contributed by atoms with Gasteiger partial charge in [0.2, 0.25) is 5.88 Å².